The van der Waals surface area contributed by atoms with E-state index in [4.69, 9.17) is 4.74 Å². The van der Waals surface area contributed by atoms with Crippen molar-refractivity contribution in [3.63, 3.8) is 0 Å². The molecule has 0 amide bonds. The Morgan fingerprint density at radius 2 is 2.14 bits per heavy atom. The fourth-order valence-corrected chi connectivity index (χ4v) is 1.85. The molecule has 0 aliphatic carbocycles. The molecule has 0 fully saturated rings. The molecule has 0 spiro atoms. The molecule has 7 nitrogen and oxygen atoms in total. The van der Waals surface area contributed by atoms with Crippen molar-refractivity contribution in [2.24, 2.45) is 0 Å². The zero-order valence-corrected chi connectivity index (χ0v) is 11.7. The number of hydrogen-bond acceptors (Lipinski definition) is 6. The molecule has 21 heavy (non-hydrogen) atoms. The maximum atomic E-state index is 11.1. The first-order chi connectivity index (χ1) is 10.0. The summed E-state index contributed by atoms with van der Waals surface area (Å²) in [5.74, 6) is 0.452. The largest absolute Gasteiger partial charge is 0.506 e. The van der Waals surface area contributed by atoms with Gasteiger partial charge in [-0.1, -0.05) is 0 Å². The van der Waals surface area contributed by atoms with Crippen molar-refractivity contribution >= 4 is 11.4 Å². The van der Waals surface area contributed by atoms with Gasteiger partial charge in [-0.05, 0) is 31.2 Å². The van der Waals surface area contributed by atoms with Crippen molar-refractivity contribution in [1.29, 1.82) is 0 Å². The summed E-state index contributed by atoms with van der Waals surface area (Å²) in [7, 11) is 1.45. The van der Waals surface area contributed by atoms with E-state index < -0.39 is 4.92 Å². The number of pyridine rings is 1. The number of nitro benzene ring substituents is 1. The number of methoxy groups -OCH3 is 1. The molecule has 2 N–H and O–H groups in total. The van der Waals surface area contributed by atoms with Crippen LogP contribution >= 0.6 is 0 Å². The standard InChI is InChI=1S/C14H15N3O4/c1-9-3-6-14(18)12(16-9)8-15-11-5-4-10(21-2)7-13(11)17(19)20/h3-7,15,18H,8H2,1-2H3. The molecule has 0 bridgehead atoms. The van der Waals surface area contributed by atoms with Gasteiger partial charge in [0.05, 0.1) is 24.6 Å². The van der Waals surface area contributed by atoms with Gasteiger partial charge in [0.25, 0.3) is 5.69 Å². The van der Waals surface area contributed by atoms with Crippen LogP contribution in [-0.4, -0.2) is 22.1 Å². The molecule has 0 radical (unpaired) electrons. The van der Waals surface area contributed by atoms with Crippen LogP contribution in [0, 0.1) is 17.0 Å². The average Bonchev–Trinajstić information content (AvgIpc) is 2.48. The molecule has 0 aliphatic heterocycles. The van der Waals surface area contributed by atoms with E-state index in [0.29, 0.717) is 17.1 Å². The van der Waals surface area contributed by atoms with E-state index >= 15 is 0 Å². The summed E-state index contributed by atoms with van der Waals surface area (Å²) in [5, 5.41) is 23.7. The van der Waals surface area contributed by atoms with Gasteiger partial charge in [-0.15, -0.1) is 0 Å². The maximum Gasteiger partial charge on any atom is 0.296 e. The first-order valence-corrected chi connectivity index (χ1v) is 6.23. The van der Waals surface area contributed by atoms with Crippen molar-refractivity contribution in [3.05, 3.63) is 51.8 Å². The molecule has 0 atom stereocenters. The molecular weight excluding hydrogens is 274 g/mol. The quantitative estimate of drug-likeness (QED) is 0.648. The van der Waals surface area contributed by atoms with Gasteiger partial charge in [0.1, 0.15) is 22.9 Å². The Labute approximate surface area is 121 Å². The number of aromatic nitrogens is 1. The summed E-state index contributed by atoms with van der Waals surface area (Å²) in [6.07, 6.45) is 0. The number of aryl methyl sites for hydroxylation is 1. The molecule has 2 aromatic rings. The highest BCUT2D eigenvalue weighted by Gasteiger charge is 2.15. The lowest BCUT2D eigenvalue weighted by atomic mass is 10.2. The van der Waals surface area contributed by atoms with Crippen LogP contribution < -0.4 is 10.1 Å². The van der Waals surface area contributed by atoms with Crippen molar-refractivity contribution in [1.82, 2.24) is 4.98 Å². The average molecular weight is 289 g/mol. The van der Waals surface area contributed by atoms with Crippen LogP contribution in [0.25, 0.3) is 0 Å². The lowest BCUT2D eigenvalue weighted by Crippen LogP contribution is -2.05. The normalized spacial score (nSPS) is 10.2. The lowest BCUT2D eigenvalue weighted by molar-refractivity contribution is -0.384. The molecule has 0 aliphatic rings. The van der Waals surface area contributed by atoms with Crippen molar-refractivity contribution in [2.45, 2.75) is 13.5 Å². The molecule has 1 aromatic heterocycles. The van der Waals surface area contributed by atoms with Crippen LogP contribution in [0.4, 0.5) is 11.4 Å². The number of hydrogen-bond donors (Lipinski definition) is 2. The third-order valence-electron chi connectivity index (χ3n) is 2.94. The van der Waals surface area contributed by atoms with Gasteiger partial charge >= 0.3 is 0 Å². The summed E-state index contributed by atoms with van der Waals surface area (Å²) < 4.78 is 4.97. The minimum absolute atomic E-state index is 0.0456. The fraction of sp³-hybridized carbons (Fsp3) is 0.214. The second-order valence-corrected chi connectivity index (χ2v) is 4.41. The van der Waals surface area contributed by atoms with Crippen molar-refractivity contribution < 1.29 is 14.8 Å². The smallest absolute Gasteiger partial charge is 0.296 e. The van der Waals surface area contributed by atoms with E-state index in [1.54, 1.807) is 31.2 Å². The lowest BCUT2D eigenvalue weighted by Gasteiger charge is -2.09. The molecule has 110 valence electrons. The molecular formula is C14H15N3O4. The Bertz CT molecular complexity index is 673. The zero-order chi connectivity index (χ0) is 15.4. The van der Waals surface area contributed by atoms with Crippen LogP contribution in [-0.2, 0) is 6.54 Å². The highest BCUT2D eigenvalue weighted by molar-refractivity contribution is 5.64. The Kier molecular flexibility index (Phi) is 4.22. The predicted molar refractivity (Wildman–Crippen MR) is 77.6 cm³/mol. The first-order valence-electron chi connectivity index (χ1n) is 6.23. The van der Waals surface area contributed by atoms with Gasteiger partial charge in [-0.25, -0.2) is 0 Å². The van der Waals surface area contributed by atoms with Gasteiger partial charge in [-0.2, -0.15) is 0 Å². The summed E-state index contributed by atoms with van der Waals surface area (Å²) >= 11 is 0. The number of ether oxygens (including phenoxy) is 1. The van der Waals surface area contributed by atoms with E-state index in [1.807, 2.05) is 0 Å². The van der Waals surface area contributed by atoms with Gasteiger partial charge in [-0.3, -0.25) is 15.1 Å². The highest BCUT2D eigenvalue weighted by Crippen LogP contribution is 2.29. The van der Waals surface area contributed by atoms with Crippen LogP contribution in [0.5, 0.6) is 11.5 Å². The number of benzene rings is 1. The third kappa shape index (κ3) is 3.38. The van der Waals surface area contributed by atoms with Crippen molar-refractivity contribution in [3.8, 4) is 11.5 Å². The third-order valence-corrected chi connectivity index (χ3v) is 2.94. The predicted octanol–water partition coefficient (Wildman–Crippen LogP) is 2.62. The Morgan fingerprint density at radius 1 is 1.38 bits per heavy atom. The number of nitro groups is 1. The highest BCUT2D eigenvalue weighted by atomic mass is 16.6. The SMILES string of the molecule is COc1ccc(NCc2nc(C)ccc2O)c([N+](=O)[O-])c1. The van der Waals surface area contributed by atoms with Crippen LogP contribution in [0.2, 0.25) is 0 Å². The van der Waals surface area contributed by atoms with E-state index in [1.165, 1.54) is 13.2 Å². The van der Waals surface area contributed by atoms with Gasteiger partial charge in [0.2, 0.25) is 0 Å². The Hall–Kier alpha value is -2.83. The molecule has 2 rings (SSSR count). The zero-order valence-electron chi connectivity index (χ0n) is 11.7. The second kappa shape index (κ2) is 6.08. The topological polar surface area (TPSA) is 97.5 Å². The molecule has 7 heteroatoms. The van der Waals surface area contributed by atoms with E-state index in [-0.39, 0.29) is 18.0 Å². The van der Waals surface area contributed by atoms with Crippen LogP contribution in [0.3, 0.4) is 0 Å². The minimum atomic E-state index is -0.492. The van der Waals surface area contributed by atoms with Crippen LogP contribution in [0.15, 0.2) is 30.3 Å². The summed E-state index contributed by atoms with van der Waals surface area (Å²) in [6.45, 7) is 1.99. The van der Waals surface area contributed by atoms with Gasteiger partial charge < -0.3 is 15.2 Å². The molecule has 1 heterocycles. The van der Waals surface area contributed by atoms with E-state index in [2.05, 4.69) is 10.3 Å². The second-order valence-electron chi connectivity index (χ2n) is 4.41. The Morgan fingerprint density at radius 3 is 2.81 bits per heavy atom. The molecule has 1 aromatic carbocycles. The minimum Gasteiger partial charge on any atom is -0.506 e. The summed E-state index contributed by atoms with van der Waals surface area (Å²) in [4.78, 5) is 14.8. The number of anilines is 1. The summed E-state index contributed by atoms with van der Waals surface area (Å²) in [5.41, 5.74) is 1.43. The van der Waals surface area contributed by atoms with E-state index in [0.717, 1.165) is 5.69 Å². The van der Waals surface area contributed by atoms with Gasteiger partial charge in [0, 0.05) is 5.69 Å². The number of nitrogens with one attached hydrogen (secondary N) is 1. The molecule has 0 saturated heterocycles. The Balaban J connectivity index is 2.23. The van der Waals surface area contributed by atoms with Crippen LogP contribution in [0.1, 0.15) is 11.4 Å². The first kappa shape index (κ1) is 14.6. The fourth-order valence-electron chi connectivity index (χ4n) is 1.85. The number of rotatable bonds is 5. The number of aromatic hydroxyl groups is 1. The van der Waals surface area contributed by atoms with Gasteiger partial charge in [0.15, 0.2) is 0 Å². The maximum absolute atomic E-state index is 11.1. The monoisotopic (exact) mass is 289 g/mol. The molecule has 0 saturated carbocycles. The van der Waals surface area contributed by atoms with Crippen molar-refractivity contribution in [2.75, 3.05) is 12.4 Å². The summed E-state index contributed by atoms with van der Waals surface area (Å²) in [6, 6.07) is 7.75. The molecule has 0 unspecified atom stereocenters. The number of nitrogens with zero attached hydrogens (tertiary/aromatic N) is 2. The van der Waals surface area contributed by atoms with E-state index in [9.17, 15) is 15.2 Å².